The van der Waals surface area contributed by atoms with Crippen LogP contribution in [0.15, 0.2) is 54.6 Å². The Morgan fingerprint density at radius 1 is 0.967 bits per heavy atom. The molecule has 2 aromatic rings. The first-order valence-corrected chi connectivity index (χ1v) is 9.88. The van der Waals surface area contributed by atoms with Gasteiger partial charge in [-0.1, -0.05) is 29.8 Å². The number of hydrogen-bond acceptors (Lipinski definition) is 4. The van der Waals surface area contributed by atoms with Crippen LogP contribution >= 0.6 is 12.2 Å². The Balaban J connectivity index is 1.42. The van der Waals surface area contributed by atoms with Crippen LogP contribution in [0.1, 0.15) is 34.3 Å². The first-order chi connectivity index (χ1) is 14.4. The number of nitrogens with one attached hydrogen (secondary N) is 4. The molecule has 0 atom stereocenters. The molecule has 1 aliphatic rings. The first kappa shape index (κ1) is 21.2. The predicted molar refractivity (Wildman–Crippen MR) is 119 cm³/mol. The number of hydrogen-bond donors (Lipinski definition) is 4. The monoisotopic (exact) mass is 422 g/mol. The Morgan fingerprint density at radius 2 is 1.63 bits per heavy atom. The van der Waals surface area contributed by atoms with Crippen LogP contribution in [0.4, 0.5) is 5.69 Å². The van der Waals surface area contributed by atoms with E-state index in [0.29, 0.717) is 11.3 Å². The van der Waals surface area contributed by atoms with Crippen molar-refractivity contribution >= 4 is 46.8 Å². The number of carbonyl (C=O) groups excluding carboxylic acids is 3. The lowest BCUT2D eigenvalue weighted by molar-refractivity contribution is -0.117. The van der Waals surface area contributed by atoms with E-state index in [9.17, 15) is 14.4 Å². The van der Waals surface area contributed by atoms with Gasteiger partial charge in [-0.2, -0.15) is 0 Å². The molecule has 1 fully saturated rings. The molecule has 0 aromatic heterocycles. The number of rotatable bonds is 5. The number of amides is 3. The summed E-state index contributed by atoms with van der Waals surface area (Å²) in [5.41, 5.74) is 7.94. The second kappa shape index (κ2) is 9.80. The summed E-state index contributed by atoms with van der Waals surface area (Å²) in [6, 6.07) is 14.2. The highest BCUT2D eigenvalue weighted by atomic mass is 32.1. The molecule has 0 saturated heterocycles. The maximum absolute atomic E-state index is 12.2. The van der Waals surface area contributed by atoms with Crippen LogP contribution in [0, 0.1) is 12.8 Å². The number of aryl methyl sites for hydroxylation is 1. The van der Waals surface area contributed by atoms with Crippen LogP contribution < -0.4 is 21.5 Å². The zero-order valence-corrected chi connectivity index (χ0v) is 17.2. The Morgan fingerprint density at radius 3 is 2.27 bits per heavy atom. The quantitative estimate of drug-likeness (QED) is 0.337. The van der Waals surface area contributed by atoms with Gasteiger partial charge in [-0.3, -0.25) is 30.6 Å². The molecule has 1 aliphatic carbocycles. The Bertz CT molecular complexity index is 980. The largest absolute Gasteiger partial charge is 0.326 e. The molecule has 0 spiro atoms. The summed E-state index contributed by atoms with van der Waals surface area (Å²) >= 11 is 5.01. The van der Waals surface area contributed by atoms with Crippen LogP contribution in [-0.2, 0) is 9.59 Å². The van der Waals surface area contributed by atoms with Crippen LogP contribution in [0.5, 0.6) is 0 Å². The van der Waals surface area contributed by atoms with E-state index in [0.717, 1.165) is 24.0 Å². The van der Waals surface area contributed by atoms with Crippen molar-refractivity contribution in [2.75, 3.05) is 5.32 Å². The second-order valence-corrected chi connectivity index (χ2v) is 7.39. The van der Waals surface area contributed by atoms with Gasteiger partial charge in [0.2, 0.25) is 11.8 Å². The molecule has 0 radical (unpaired) electrons. The molecule has 1 saturated carbocycles. The van der Waals surface area contributed by atoms with Crippen molar-refractivity contribution in [2.24, 2.45) is 5.92 Å². The predicted octanol–water partition coefficient (Wildman–Crippen LogP) is 2.69. The van der Waals surface area contributed by atoms with Crippen LogP contribution in [0.3, 0.4) is 0 Å². The summed E-state index contributed by atoms with van der Waals surface area (Å²) in [5, 5.41) is 5.22. The molecule has 0 unspecified atom stereocenters. The second-order valence-electron chi connectivity index (χ2n) is 6.98. The van der Waals surface area contributed by atoms with E-state index in [-0.39, 0.29) is 16.9 Å². The van der Waals surface area contributed by atoms with Crippen molar-refractivity contribution in [3.05, 3.63) is 71.3 Å². The molecule has 3 amide bonds. The average molecular weight is 423 g/mol. The van der Waals surface area contributed by atoms with Crippen LogP contribution in [0.2, 0.25) is 0 Å². The van der Waals surface area contributed by atoms with E-state index in [2.05, 4.69) is 21.5 Å². The van der Waals surface area contributed by atoms with E-state index in [1.54, 1.807) is 30.3 Å². The van der Waals surface area contributed by atoms with E-state index < -0.39 is 11.8 Å². The minimum atomic E-state index is -0.429. The molecule has 2 aromatic carbocycles. The standard InChI is InChI=1S/C22H22N4O3S/c1-14-2-4-15(5-3-14)6-13-19(27)24-22(30)26-25-21(29)17-9-11-18(12-10-17)23-20(28)16-7-8-16/h2-6,9-13,16H,7-8H2,1H3,(H,23,28)(H,25,29)(H2,24,26,27,30). The Labute approximate surface area is 179 Å². The van der Waals surface area contributed by atoms with E-state index in [4.69, 9.17) is 12.2 Å². The van der Waals surface area contributed by atoms with Gasteiger partial charge in [0.1, 0.15) is 0 Å². The highest BCUT2D eigenvalue weighted by Gasteiger charge is 2.29. The molecular formula is C22H22N4O3S. The summed E-state index contributed by atoms with van der Waals surface area (Å²) in [7, 11) is 0. The van der Waals surface area contributed by atoms with Crippen molar-refractivity contribution in [2.45, 2.75) is 19.8 Å². The van der Waals surface area contributed by atoms with Gasteiger partial charge < -0.3 is 5.32 Å². The molecule has 30 heavy (non-hydrogen) atoms. The third kappa shape index (κ3) is 6.52. The number of anilines is 1. The fourth-order valence-corrected chi connectivity index (χ4v) is 2.67. The SMILES string of the molecule is Cc1ccc(C=CC(=O)NC(=S)NNC(=O)c2ccc(NC(=O)C3CC3)cc2)cc1. The third-order valence-corrected chi connectivity index (χ3v) is 4.60. The maximum atomic E-state index is 12.2. The van der Waals surface area contributed by atoms with Crippen LogP contribution in [0.25, 0.3) is 6.08 Å². The number of benzene rings is 2. The molecule has 0 aliphatic heterocycles. The van der Waals surface area contributed by atoms with Gasteiger partial charge in [0.05, 0.1) is 0 Å². The highest BCUT2D eigenvalue weighted by Crippen LogP contribution is 2.30. The van der Waals surface area contributed by atoms with E-state index in [1.807, 2.05) is 31.2 Å². The number of thiocarbonyl (C=S) groups is 1. The van der Waals surface area contributed by atoms with Gasteiger partial charge in [-0.05, 0) is 67.9 Å². The lowest BCUT2D eigenvalue weighted by Crippen LogP contribution is -2.48. The Hall–Kier alpha value is -3.52. The van der Waals surface area contributed by atoms with Gasteiger partial charge in [0, 0.05) is 23.2 Å². The van der Waals surface area contributed by atoms with Crippen molar-refractivity contribution in [1.82, 2.24) is 16.2 Å². The molecule has 3 rings (SSSR count). The van der Waals surface area contributed by atoms with Gasteiger partial charge in [-0.25, -0.2) is 0 Å². The molecular weight excluding hydrogens is 400 g/mol. The van der Waals surface area contributed by atoms with Gasteiger partial charge in [0.15, 0.2) is 5.11 Å². The topological polar surface area (TPSA) is 99.3 Å². The number of hydrazine groups is 1. The fourth-order valence-electron chi connectivity index (χ4n) is 2.51. The Kier molecular flexibility index (Phi) is 6.92. The third-order valence-electron chi connectivity index (χ3n) is 4.39. The molecule has 0 bridgehead atoms. The average Bonchev–Trinajstić information content (AvgIpc) is 3.58. The van der Waals surface area contributed by atoms with Crippen molar-refractivity contribution in [3.63, 3.8) is 0 Å². The van der Waals surface area contributed by atoms with Crippen molar-refractivity contribution in [1.29, 1.82) is 0 Å². The maximum Gasteiger partial charge on any atom is 0.269 e. The summed E-state index contributed by atoms with van der Waals surface area (Å²) < 4.78 is 0. The zero-order valence-electron chi connectivity index (χ0n) is 16.4. The van der Waals surface area contributed by atoms with Gasteiger partial charge in [0.25, 0.3) is 5.91 Å². The molecule has 0 heterocycles. The minimum absolute atomic E-state index is 0.00591. The van der Waals surface area contributed by atoms with E-state index in [1.165, 1.54) is 6.08 Å². The molecule has 154 valence electrons. The normalized spacial score (nSPS) is 12.8. The smallest absolute Gasteiger partial charge is 0.269 e. The summed E-state index contributed by atoms with van der Waals surface area (Å²) in [6.45, 7) is 1.99. The zero-order chi connectivity index (χ0) is 21.5. The van der Waals surface area contributed by atoms with E-state index >= 15 is 0 Å². The first-order valence-electron chi connectivity index (χ1n) is 9.48. The summed E-state index contributed by atoms with van der Waals surface area (Å²) in [6.07, 6.45) is 4.88. The highest BCUT2D eigenvalue weighted by molar-refractivity contribution is 7.80. The lowest BCUT2D eigenvalue weighted by Gasteiger charge is -2.10. The lowest BCUT2D eigenvalue weighted by atomic mass is 10.1. The molecule has 8 heteroatoms. The van der Waals surface area contributed by atoms with Crippen molar-refractivity contribution in [3.8, 4) is 0 Å². The van der Waals surface area contributed by atoms with Gasteiger partial charge >= 0.3 is 0 Å². The minimum Gasteiger partial charge on any atom is -0.326 e. The number of carbonyl (C=O) groups is 3. The fraction of sp³-hybridized carbons (Fsp3) is 0.182. The van der Waals surface area contributed by atoms with Gasteiger partial charge in [-0.15, -0.1) is 0 Å². The summed E-state index contributed by atoms with van der Waals surface area (Å²) in [4.78, 5) is 35.8. The summed E-state index contributed by atoms with van der Waals surface area (Å²) in [5.74, 6) is -0.730. The van der Waals surface area contributed by atoms with Crippen LogP contribution in [-0.4, -0.2) is 22.8 Å². The van der Waals surface area contributed by atoms with Crippen molar-refractivity contribution < 1.29 is 14.4 Å². The molecule has 4 N–H and O–H groups in total. The molecule has 7 nitrogen and oxygen atoms in total.